The minimum Gasteiger partial charge on any atom is -0.372 e. The fourth-order valence-electron chi connectivity index (χ4n) is 4.44. The molecule has 4 nitrogen and oxygen atoms in total. The summed E-state index contributed by atoms with van der Waals surface area (Å²) >= 11 is 0. The van der Waals surface area contributed by atoms with E-state index in [-0.39, 0.29) is 5.60 Å². The minimum atomic E-state index is 0.158. The van der Waals surface area contributed by atoms with Crippen molar-refractivity contribution in [2.45, 2.75) is 44.8 Å². The highest BCUT2D eigenvalue weighted by Gasteiger charge is 2.46. The third-order valence-electron chi connectivity index (χ3n) is 5.70. The van der Waals surface area contributed by atoms with Crippen molar-refractivity contribution >= 4 is 0 Å². The summed E-state index contributed by atoms with van der Waals surface area (Å²) < 4.78 is 6.33. The lowest BCUT2D eigenvalue weighted by molar-refractivity contribution is -0.183. The van der Waals surface area contributed by atoms with Gasteiger partial charge in [0.2, 0.25) is 0 Å². The van der Waals surface area contributed by atoms with Crippen LogP contribution in [-0.4, -0.2) is 59.7 Å². The van der Waals surface area contributed by atoms with Gasteiger partial charge in [-0.05, 0) is 63.7 Å². The van der Waals surface area contributed by atoms with Crippen molar-refractivity contribution in [3.8, 4) is 0 Å². The zero-order chi connectivity index (χ0) is 15.7. The lowest BCUT2D eigenvalue weighted by Gasteiger charge is -2.53. The molecule has 3 fully saturated rings. The van der Waals surface area contributed by atoms with Crippen LogP contribution in [0.5, 0.6) is 0 Å². The first-order valence-corrected chi connectivity index (χ1v) is 9.22. The van der Waals surface area contributed by atoms with Crippen LogP contribution < -0.4 is 0 Å². The van der Waals surface area contributed by atoms with E-state index in [9.17, 15) is 0 Å². The summed E-state index contributed by atoms with van der Waals surface area (Å²) in [5.74, 6) is 0.756. The monoisotopic (exact) mass is 315 g/mol. The van der Waals surface area contributed by atoms with Crippen LogP contribution in [0.25, 0.3) is 0 Å². The van der Waals surface area contributed by atoms with Gasteiger partial charge in [0.05, 0.1) is 17.9 Å². The number of hydrogen-bond donors (Lipinski definition) is 0. The molecule has 0 aliphatic carbocycles. The van der Waals surface area contributed by atoms with E-state index in [1.165, 1.54) is 51.0 Å². The van der Waals surface area contributed by atoms with Gasteiger partial charge in [-0.1, -0.05) is 6.07 Å². The van der Waals surface area contributed by atoms with Crippen molar-refractivity contribution in [3.05, 3.63) is 29.6 Å². The average Bonchev–Trinajstić information content (AvgIpc) is 3.01. The van der Waals surface area contributed by atoms with E-state index in [1.54, 1.807) is 0 Å². The zero-order valence-corrected chi connectivity index (χ0v) is 14.3. The molecule has 1 atom stereocenters. The second kappa shape index (κ2) is 6.50. The molecule has 0 bridgehead atoms. The highest BCUT2D eigenvalue weighted by Crippen LogP contribution is 2.37. The van der Waals surface area contributed by atoms with Gasteiger partial charge in [-0.3, -0.25) is 9.88 Å². The maximum Gasteiger partial charge on any atom is 0.0935 e. The van der Waals surface area contributed by atoms with Gasteiger partial charge in [0.15, 0.2) is 0 Å². The van der Waals surface area contributed by atoms with Crippen molar-refractivity contribution in [3.63, 3.8) is 0 Å². The molecule has 23 heavy (non-hydrogen) atoms. The third-order valence-corrected chi connectivity index (χ3v) is 5.70. The Morgan fingerprint density at radius 2 is 2.04 bits per heavy atom. The Morgan fingerprint density at radius 1 is 1.22 bits per heavy atom. The maximum absolute atomic E-state index is 6.33. The maximum atomic E-state index is 6.33. The molecule has 4 heterocycles. The summed E-state index contributed by atoms with van der Waals surface area (Å²) in [5.41, 5.74) is 2.45. The molecular weight excluding hydrogens is 286 g/mol. The predicted octanol–water partition coefficient (Wildman–Crippen LogP) is 2.47. The number of hydrogen-bond acceptors (Lipinski definition) is 4. The fraction of sp³-hybridized carbons (Fsp3) is 0.737. The van der Waals surface area contributed by atoms with Crippen LogP contribution in [0.4, 0.5) is 0 Å². The van der Waals surface area contributed by atoms with Crippen LogP contribution in [0.1, 0.15) is 37.1 Å². The molecule has 0 amide bonds. The first-order chi connectivity index (χ1) is 11.2. The van der Waals surface area contributed by atoms with E-state index in [0.29, 0.717) is 0 Å². The summed E-state index contributed by atoms with van der Waals surface area (Å²) in [4.78, 5) is 9.71. The second-order valence-electron chi connectivity index (χ2n) is 7.82. The Labute approximate surface area is 139 Å². The van der Waals surface area contributed by atoms with E-state index < -0.39 is 0 Å². The van der Waals surface area contributed by atoms with Crippen LogP contribution in [0, 0.1) is 12.8 Å². The van der Waals surface area contributed by atoms with E-state index in [2.05, 4.69) is 39.9 Å². The molecule has 0 aromatic carbocycles. The molecule has 4 heteroatoms. The average molecular weight is 315 g/mol. The molecule has 3 saturated heterocycles. The largest absolute Gasteiger partial charge is 0.372 e. The zero-order valence-electron chi connectivity index (χ0n) is 14.3. The van der Waals surface area contributed by atoms with Gasteiger partial charge in [0.25, 0.3) is 0 Å². The van der Waals surface area contributed by atoms with E-state index in [0.717, 1.165) is 37.9 Å². The van der Waals surface area contributed by atoms with Crippen molar-refractivity contribution in [1.82, 2.24) is 14.8 Å². The lowest BCUT2D eigenvalue weighted by atomic mass is 9.82. The summed E-state index contributed by atoms with van der Waals surface area (Å²) in [7, 11) is 0. The van der Waals surface area contributed by atoms with Gasteiger partial charge in [-0.15, -0.1) is 0 Å². The molecule has 0 saturated carbocycles. The predicted molar refractivity (Wildman–Crippen MR) is 91.3 cm³/mol. The highest BCUT2D eigenvalue weighted by molar-refractivity contribution is 5.11. The van der Waals surface area contributed by atoms with E-state index in [1.807, 2.05) is 0 Å². The molecule has 0 radical (unpaired) electrons. The molecule has 1 spiro atoms. The normalized spacial score (nSPS) is 28.1. The Balaban J connectivity index is 1.22. The molecule has 126 valence electrons. The van der Waals surface area contributed by atoms with Gasteiger partial charge < -0.3 is 9.64 Å². The number of rotatable bonds is 4. The topological polar surface area (TPSA) is 28.6 Å². The summed E-state index contributed by atoms with van der Waals surface area (Å²) in [6.45, 7) is 10.0. The standard InChI is InChI=1S/C19H29N3O/c1-16-5-4-6-18(20-16)12-22-14-19(15-22)8-7-17(13-23-19)11-21-9-2-3-10-21/h4-6,17H,2-3,7-15H2,1H3/t17-/m0/s1. The van der Waals surface area contributed by atoms with Crippen LogP contribution >= 0.6 is 0 Å². The Morgan fingerprint density at radius 3 is 2.74 bits per heavy atom. The summed E-state index contributed by atoms with van der Waals surface area (Å²) in [5, 5.41) is 0. The molecule has 3 aliphatic rings. The lowest BCUT2D eigenvalue weighted by Crippen LogP contribution is -2.64. The molecular formula is C19H29N3O. The Hall–Kier alpha value is -0.970. The Kier molecular flexibility index (Phi) is 4.39. The van der Waals surface area contributed by atoms with Crippen LogP contribution in [-0.2, 0) is 11.3 Å². The molecule has 3 aliphatic heterocycles. The van der Waals surface area contributed by atoms with Crippen molar-refractivity contribution < 1.29 is 4.74 Å². The number of ether oxygens (including phenoxy) is 1. The Bertz CT molecular complexity index is 525. The highest BCUT2D eigenvalue weighted by atomic mass is 16.5. The molecule has 1 aromatic heterocycles. The van der Waals surface area contributed by atoms with Gasteiger partial charge in [0.1, 0.15) is 0 Å². The second-order valence-corrected chi connectivity index (χ2v) is 7.82. The quantitative estimate of drug-likeness (QED) is 0.853. The molecule has 1 aromatic rings. The number of nitrogens with zero attached hydrogens (tertiary/aromatic N) is 3. The van der Waals surface area contributed by atoms with E-state index >= 15 is 0 Å². The van der Waals surface area contributed by atoms with Crippen LogP contribution in [0.3, 0.4) is 0 Å². The van der Waals surface area contributed by atoms with E-state index in [4.69, 9.17) is 4.74 Å². The van der Waals surface area contributed by atoms with Crippen molar-refractivity contribution in [2.75, 3.05) is 39.3 Å². The number of aryl methyl sites for hydroxylation is 1. The van der Waals surface area contributed by atoms with Crippen LogP contribution in [0.2, 0.25) is 0 Å². The first kappa shape index (κ1) is 15.6. The van der Waals surface area contributed by atoms with Crippen molar-refractivity contribution in [2.24, 2.45) is 5.92 Å². The number of likely N-dealkylation sites (tertiary alicyclic amines) is 2. The van der Waals surface area contributed by atoms with Crippen molar-refractivity contribution in [1.29, 1.82) is 0 Å². The summed E-state index contributed by atoms with van der Waals surface area (Å²) in [6, 6.07) is 6.30. The molecule has 4 rings (SSSR count). The SMILES string of the molecule is Cc1cccc(CN2CC3(CC[C@@H](CN4CCCC4)CO3)C2)n1. The fourth-order valence-corrected chi connectivity index (χ4v) is 4.44. The number of pyridine rings is 1. The number of aromatic nitrogens is 1. The van der Waals surface area contributed by atoms with Gasteiger partial charge >= 0.3 is 0 Å². The molecule has 0 unspecified atom stereocenters. The van der Waals surface area contributed by atoms with Crippen LogP contribution in [0.15, 0.2) is 18.2 Å². The smallest absolute Gasteiger partial charge is 0.0935 e. The third kappa shape index (κ3) is 3.59. The van der Waals surface area contributed by atoms with Gasteiger partial charge in [-0.2, -0.15) is 0 Å². The van der Waals surface area contributed by atoms with Gasteiger partial charge in [0, 0.05) is 31.9 Å². The molecule has 0 N–H and O–H groups in total. The summed E-state index contributed by atoms with van der Waals surface area (Å²) in [6.07, 6.45) is 5.36. The minimum absolute atomic E-state index is 0.158. The first-order valence-electron chi connectivity index (χ1n) is 9.22. The van der Waals surface area contributed by atoms with Gasteiger partial charge in [-0.25, -0.2) is 0 Å².